The Kier molecular flexibility index (Phi) is 2.98. The first-order valence-electron chi connectivity index (χ1n) is 4.91. The van der Waals surface area contributed by atoms with E-state index in [1.165, 1.54) is 18.5 Å². The summed E-state index contributed by atoms with van der Waals surface area (Å²) in [6.07, 6.45) is 6.48. The number of aromatic nitrogens is 2. The Morgan fingerprint density at radius 2 is 2.06 bits per heavy atom. The number of anilines is 2. The molecule has 18 heavy (non-hydrogen) atoms. The topological polar surface area (TPSA) is 87.0 Å². The zero-order chi connectivity index (χ0) is 13.1. The van der Waals surface area contributed by atoms with E-state index >= 15 is 0 Å². The van der Waals surface area contributed by atoms with Gasteiger partial charge in [-0.05, 0) is 12.1 Å². The molecule has 0 saturated carbocycles. The van der Waals surface area contributed by atoms with Crippen LogP contribution in [0.3, 0.4) is 0 Å². The number of halogens is 1. The molecule has 90 valence electrons. The van der Waals surface area contributed by atoms with Gasteiger partial charge in [0.2, 0.25) is 5.88 Å². The van der Waals surface area contributed by atoms with Crippen molar-refractivity contribution in [1.82, 2.24) is 9.97 Å². The zero-order valence-corrected chi connectivity index (χ0v) is 9.22. The smallest absolute Gasteiger partial charge is 0.240 e. The van der Waals surface area contributed by atoms with Crippen LogP contribution in [0.1, 0.15) is 5.56 Å². The number of nitrogens with zero attached hydrogens (tertiary/aromatic N) is 2. The van der Waals surface area contributed by atoms with Gasteiger partial charge in [-0.15, -0.1) is 6.42 Å². The van der Waals surface area contributed by atoms with E-state index in [0.717, 1.165) is 6.07 Å². The van der Waals surface area contributed by atoms with Gasteiger partial charge in [0, 0.05) is 6.07 Å². The monoisotopic (exact) mass is 244 g/mol. The van der Waals surface area contributed by atoms with Crippen LogP contribution in [0.2, 0.25) is 0 Å². The number of benzene rings is 1. The summed E-state index contributed by atoms with van der Waals surface area (Å²) in [6, 6.07) is 4.01. The first-order valence-corrected chi connectivity index (χ1v) is 4.91. The lowest BCUT2D eigenvalue weighted by molar-refractivity contribution is 0.456. The SMILES string of the molecule is C#Cc1c(N)ncnc1Oc1ccc(N)c(F)c1. The lowest BCUT2D eigenvalue weighted by atomic mass is 10.3. The predicted octanol–water partition coefficient (Wildman–Crippen LogP) is 1.55. The number of hydrogen-bond donors (Lipinski definition) is 2. The van der Waals surface area contributed by atoms with Gasteiger partial charge in [0.05, 0.1) is 5.69 Å². The summed E-state index contributed by atoms with van der Waals surface area (Å²) < 4.78 is 18.6. The van der Waals surface area contributed by atoms with Gasteiger partial charge in [0.15, 0.2) is 0 Å². The van der Waals surface area contributed by atoms with Crippen LogP contribution in [-0.4, -0.2) is 9.97 Å². The molecule has 1 aromatic carbocycles. The number of terminal acetylenes is 1. The van der Waals surface area contributed by atoms with E-state index in [1.54, 1.807) is 0 Å². The molecule has 4 N–H and O–H groups in total. The standard InChI is InChI=1S/C12H9FN4O/c1-2-8-11(15)16-6-17-12(8)18-7-3-4-10(14)9(13)5-7/h1,3-6H,14H2,(H2,15,16,17). The highest BCUT2D eigenvalue weighted by molar-refractivity contribution is 5.56. The van der Waals surface area contributed by atoms with Crippen LogP contribution in [0.5, 0.6) is 11.6 Å². The molecule has 0 atom stereocenters. The lowest BCUT2D eigenvalue weighted by Crippen LogP contribution is -2.00. The van der Waals surface area contributed by atoms with E-state index in [4.69, 9.17) is 22.6 Å². The van der Waals surface area contributed by atoms with Crippen molar-refractivity contribution in [3.8, 4) is 24.0 Å². The highest BCUT2D eigenvalue weighted by atomic mass is 19.1. The molecule has 0 unspecified atom stereocenters. The third-order valence-corrected chi connectivity index (χ3v) is 2.17. The van der Waals surface area contributed by atoms with Crippen molar-refractivity contribution in [2.45, 2.75) is 0 Å². The van der Waals surface area contributed by atoms with Gasteiger partial charge in [0.25, 0.3) is 0 Å². The molecule has 0 aliphatic rings. The minimum Gasteiger partial charge on any atom is -0.437 e. The van der Waals surface area contributed by atoms with Gasteiger partial charge in [-0.3, -0.25) is 0 Å². The van der Waals surface area contributed by atoms with E-state index < -0.39 is 5.82 Å². The summed E-state index contributed by atoms with van der Waals surface area (Å²) in [5.41, 5.74) is 11.2. The van der Waals surface area contributed by atoms with Crippen LogP contribution in [-0.2, 0) is 0 Å². The predicted molar refractivity (Wildman–Crippen MR) is 65.3 cm³/mol. The molecule has 0 spiro atoms. The number of nitrogens with two attached hydrogens (primary N) is 2. The fraction of sp³-hybridized carbons (Fsp3) is 0. The van der Waals surface area contributed by atoms with Crippen LogP contribution < -0.4 is 16.2 Å². The first-order chi connectivity index (χ1) is 8.61. The maximum Gasteiger partial charge on any atom is 0.240 e. The van der Waals surface area contributed by atoms with E-state index in [-0.39, 0.29) is 28.7 Å². The average molecular weight is 244 g/mol. The molecule has 5 nitrogen and oxygen atoms in total. The third-order valence-electron chi connectivity index (χ3n) is 2.17. The molecule has 0 aliphatic carbocycles. The third kappa shape index (κ3) is 2.15. The second-order valence-corrected chi connectivity index (χ2v) is 3.37. The van der Waals surface area contributed by atoms with E-state index in [1.807, 2.05) is 0 Å². The second kappa shape index (κ2) is 4.59. The van der Waals surface area contributed by atoms with E-state index in [0.29, 0.717) is 0 Å². The number of rotatable bonds is 2. The maximum atomic E-state index is 13.2. The molecule has 0 fully saturated rings. The lowest BCUT2D eigenvalue weighted by Gasteiger charge is -2.08. The molecule has 0 aliphatic heterocycles. The molecular formula is C12H9FN4O. The van der Waals surface area contributed by atoms with Gasteiger partial charge in [0.1, 0.15) is 29.3 Å². The highest BCUT2D eigenvalue weighted by Gasteiger charge is 2.10. The minimum absolute atomic E-state index is 0.0294. The van der Waals surface area contributed by atoms with Crippen LogP contribution in [0, 0.1) is 18.2 Å². The molecule has 2 rings (SSSR count). The number of nitrogen functional groups attached to an aromatic ring is 2. The van der Waals surface area contributed by atoms with Gasteiger partial charge in [-0.2, -0.15) is 0 Å². The van der Waals surface area contributed by atoms with Crippen LogP contribution in [0.4, 0.5) is 15.9 Å². The van der Waals surface area contributed by atoms with Crippen molar-refractivity contribution < 1.29 is 9.13 Å². The zero-order valence-electron chi connectivity index (χ0n) is 9.22. The molecule has 1 heterocycles. The Labute approximate surface area is 103 Å². The van der Waals surface area contributed by atoms with Gasteiger partial charge >= 0.3 is 0 Å². The minimum atomic E-state index is -0.586. The maximum absolute atomic E-state index is 13.2. The van der Waals surface area contributed by atoms with Crippen molar-refractivity contribution in [2.24, 2.45) is 0 Å². The molecule has 2 aromatic rings. The van der Waals surface area contributed by atoms with Gasteiger partial charge < -0.3 is 16.2 Å². The molecule has 0 amide bonds. The van der Waals surface area contributed by atoms with Gasteiger partial charge in [-0.1, -0.05) is 5.92 Å². The molecule has 6 heteroatoms. The van der Waals surface area contributed by atoms with Gasteiger partial charge in [-0.25, -0.2) is 14.4 Å². The fourth-order valence-electron chi connectivity index (χ4n) is 1.28. The molecule has 0 bridgehead atoms. The quantitative estimate of drug-likeness (QED) is 0.618. The van der Waals surface area contributed by atoms with Crippen LogP contribution in [0.25, 0.3) is 0 Å². The Bertz CT molecular complexity index is 636. The van der Waals surface area contributed by atoms with Crippen molar-refractivity contribution in [2.75, 3.05) is 11.5 Å². The van der Waals surface area contributed by atoms with Crippen molar-refractivity contribution in [1.29, 1.82) is 0 Å². The fourth-order valence-corrected chi connectivity index (χ4v) is 1.28. The average Bonchev–Trinajstić information content (AvgIpc) is 2.34. The summed E-state index contributed by atoms with van der Waals surface area (Å²) >= 11 is 0. The largest absolute Gasteiger partial charge is 0.437 e. The van der Waals surface area contributed by atoms with Crippen molar-refractivity contribution >= 4 is 11.5 Å². The van der Waals surface area contributed by atoms with Crippen molar-refractivity contribution in [3.05, 3.63) is 35.9 Å². The molecule has 0 saturated heterocycles. The number of hydrogen-bond acceptors (Lipinski definition) is 5. The number of ether oxygens (including phenoxy) is 1. The van der Waals surface area contributed by atoms with E-state index in [9.17, 15) is 4.39 Å². The first kappa shape index (κ1) is 11.7. The summed E-state index contributed by atoms with van der Waals surface area (Å²) in [6.45, 7) is 0. The molecule has 1 aromatic heterocycles. The summed E-state index contributed by atoms with van der Waals surface area (Å²) in [5, 5.41) is 0. The normalized spacial score (nSPS) is 9.78. The van der Waals surface area contributed by atoms with Crippen LogP contribution >= 0.6 is 0 Å². The highest BCUT2D eigenvalue weighted by Crippen LogP contribution is 2.26. The molecule has 0 radical (unpaired) electrons. The summed E-state index contributed by atoms with van der Waals surface area (Å²) in [7, 11) is 0. The summed E-state index contributed by atoms with van der Waals surface area (Å²) in [4.78, 5) is 7.58. The van der Waals surface area contributed by atoms with E-state index in [2.05, 4.69) is 15.9 Å². The van der Waals surface area contributed by atoms with Crippen LogP contribution in [0.15, 0.2) is 24.5 Å². The molecular weight excluding hydrogens is 235 g/mol. The summed E-state index contributed by atoms with van der Waals surface area (Å²) in [5.74, 6) is 2.16. The Morgan fingerprint density at radius 1 is 1.28 bits per heavy atom. The second-order valence-electron chi connectivity index (χ2n) is 3.37. The Hall–Kier alpha value is -2.81. The van der Waals surface area contributed by atoms with Crippen molar-refractivity contribution in [3.63, 3.8) is 0 Å². The Balaban J connectivity index is 2.37. The Morgan fingerprint density at radius 3 is 2.72 bits per heavy atom.